The number of nitrogens with zero attached hydrogens (tertiary/aromatic N) is 1. The molecule has 0 amide bonds. The summed E-state index contributed by atoms with van der Waals surface area (Å²) in [7, 11) is 0. The Kier molecular flexibility index (Phi) is 4.98. The van der Waals surface area contributed by atoms with Crippen molar-refractivity contribution in [2.45, 2.75) is 25.8 Å². The van der Waals surface area contributed by atoms with Crippen molar-refractivity contribution < 1.29 is 9.50 Å². The summed E-state index contributed by atoms with van der Waals surface area (Å²) in [6, 6.07) is 4.92. The van der Waals surface area contributed by atoms with E-state index in [0.717, 1.165) is 44.5 Å². The van der Waals surface area contributed by atoms with Crippen LogP contribution in [-0.4, -0.2) is 29.7 Å². The molecule has 0 bridgehead atoms. The predicted octanol–water partition coefficient (Wildman–Crippen LogP) is 3.07. The highest BCUT2D eigenvalue weighted by atomic mass is 35.5. The van der Waals surface area contributed by atoms with Crippen molar-refractivity contribution in [2.24, 2.45) is 5.92 Å². The van der Waals surface area contributed by atoms with Crippen LogP contribution in [-0.2, 0) is 6.54 Å². The van der Waals surface area contributed by atoms with Crippen molar-refractivity contribution in [1.82, 2.24) is 4.90 Å². The van der Waals surface area contributed by atoms with Crippen LogP contribution >= 0.6 is 11.6 Å². The number of hydrogen-bond acceptors (Lipinski definition) is 2. The van der Waals surface area contributed by atoms with Crippen LogP contribution in [0.1, 0.15) is 24.8 Å². The summed E-state index contributed by atoms with van der Waals surface area (Å²) >= 11 is 5.77. The second-order valence-electron chi connectivity index (χ2n) is 4.98. The fourth-order valence-corrected chi connectivity index (χ4v) is 2.72. The lowest BCUT2D eigenvalue weighted by molar-refractivity contribution is 0.153. The van der Waals surface area contributed by atoms with Crippen molar-refractivity contribution in [3.8, 4) is 0 Å². The molecule has 0 unspecified atom stereocenters. The summed E-state index contributed by atoms with van der Waals surface area (Å²) in [6.45, 7) is 3.20. The van der Waals surface area contributed by atoms with Crippen LogP contribution in [0.2, 0.25) is 5.02 Å². The Morgan fingerprint density at radius 3 is 2.67 bits per heavy atom. The Bertz CT molecular complexity index is 391. The first kappa shape index (κ1) is 13.8. The van der Waals surface area contributed by atoms with E-state index in [1.165, 1.54) is 6.07 Å². The van der Waals surface area contributed by atoms with Gasteiger partial charge >= 0.3 is 0 Å². The molecule has 1 fully saturated rings. The lowest BCUT2D eigenvalue weighted by Crippen LogP contribution is -2.33. The molecule has 1 N–H and O–H groups in total. The van der Waals surface area contributed by atoms with E-state index >= 15 is 0 Å². The smallest absolute Gasteiger partial charge is 0.141 e. The van der Waals surface area contributed by atoms with Crippen LogP contribution in [0.25, 0.3) is 0 Å². The van der Waals surface area contributed by atoms with Crippen molar-refractivity contribution >= 4 is 11.6 Å². The summed E-state index contributed by atoms with van der Waals surface area (Å²) in [5.41, 5.74) is 1.06. The Labute approximate surface area is 112 Å². The van der Waals surface area contributed by atoms with Gasteiger partial charge in [0.05, 0.1) is 5.02 Å². The maximum Gasteiger partial charge on any atom is 0.141 e. The van der Waals surface area contributed by atoms with Gasteiger partial charge in [0.1, 0.15) is 5.82 Å². The highest BCUT2D eigenvalue weighted by Gasteiger charge is 2.18. The molecule has 18 heavy (non-hydrogen) atoms. The van der Waals surface area contributed by atoms with E-state index in [1.54, 1.807) is 12.1 Å². The molecule has 2 rings (SSSR count). The summed E-state index contributed by atoms with van der Waals surface area (Å²) in [4.78, 5) is 2.36. The molecule has 100 valence electrons. The minimum Gasteiger partial charge on any atom is -0.396 e. The largest absolute Gasteiger partial charge is 0.396 e. The van der Waals surface area contributed by atoms with Crippen molar-refractivity contribution in [2.75, 3.05) is 19.7 Å². The summed E-state index contributed by atoms with van der Waals surface area (Å²) in [6.07, 6.45) is 3.18. The normalized spacial score (nSPS) is 18.2. The molecule has 1 aromatic rings. The molecule has 2 nitrogen and oxygen atoms in total. The number of piperidine rings is 1. The van der Waals surface area contributed by atoms with Gasteiger partial charge in [0.2, 0.25) is 0 Å². The highest BCUT2D eigenvalue weighted by Crippen LogP contribution is 2.23. The lowest BCUT2D eigenvalue weighted by atomic mass is 9.94. The molecular weight excluding hydrogens is 253 g/mol. The van der Waals surface area contributed by atoms with Crippen molar-refractivity contribution in [3.05, 3.63) is 34.6 Å². The second kappa shape index (κ2) is 6.50. The van der Waals surface area contributed by atoms with Crippen LogP contribution in [0.3, 0.4) is 0 Å². The molecule has 0 atom stereocenters. The van der Waals surface area contributed by atoms with Gasteiger partial charge in [-0.15, -0.1) is 0 Å². The van der Waals surface area contributed by atoms with Gasteiger partial charge in [-0.1, -0.05) is 17.7 Å². The van der Waals surface area contributed by atoms with Crippen LogP contribution in [0.4, 0.5) is 4.39 Å². The van der Waals surface area contributed by atoms with Crippen molar-refractivity contribution in [1.29, 1.82) is 0 Å². The van der Waals surface area contributed by atoms with E-state index in [4.69, 9.17) is 16.7 Å². The molecule has 0 radical (unpaired) electrons. The second-order valence-corrected chi connectivity index (χ2v) is 5.39. The molecular formula is C14H19ClFNO. The van der Waals surface area contributed by atoms with E-state index in [0.29, 0.717) is 5.92 Å². The van der Waals surface area contributed by atoms with Crippen LogP contribution in [0.15, 0.2) is 18.2 Å². The standard InChI is InChI=1S/C14H19ClFNO/c15-13-9-12(1-2-14(13)16)10-17-6-3-11(4-7-17)5-8-18/h1-2,9,11,18H,3-8,10H2. The van der Waals surface area contributed by atoms with Gasteiger partial charge in [0.15, 0.2) is 0 Å². The molecule has 0 aromatic heterocycles. The highest BCUT2D eigenvalue weighted by molar-refractivity contribution is 6.30. The Hall–Kier alpha value is -0.640. The monoisotopic (exact) mass is 271 g/mol. The van der Waals surface area contributed by atoms with E-state index < -0.39 is 0 Å². The Morgan fingerprint density at radius 1 is 1.33 bits per heavy atom. The van der Waals surface area contributed by atoms with E-state index in [1.807, 2.05) is 0 Å². The summed E-state index contributed by atoms with van der Waals surface area (Å²) < 4.78 is 13.0. The third kappa shape index (κ3) is 3.67. The first-order valence-electron chi connectivity index (χ1n) is 6.46. The number of rotatable bonds is 4. The number of hydrogen-bond donors (Lipinski definition) is 1. The fraction of sp³-hybridized carbons (Fsp3) is 0.571. The fourth-order valence-electron chi connectivity index (χ4n) is 2.51. The minimum absolute atomic E-state index is 0.197. The van der Waals surface area contributed by atoms with E-state index in [2.05, 4.69) is 4.90 Å². The molecule has 0 saturated carbocycles. The van der Waals surface area contributed by atoms with Gasteiger partial charge in [-0.25, -0.2) is 4.39 Å². The van der Waals surface area contributed by atoms with Gasteiger partial charge < -0.3 is 5.11 Å². The zero-order valence-electron chi connectivity index (χ0n) is 10.4. The maximum atomic E-state index is 13.0. The average Bonchev–Trinajstić information content (AvgIpc) is 2.37. The van der Waals surface area contributed by atoms with Crippen LogP contribution < -0.4 is 0 Å². The SMILES string of the molecule is OCCC1CCN(Cc2ccc(F)c(Cl)c2)CC1. The summed E-state index contributed by atoms with van der Waals surface area (Å²) in [5, 5.41) is 9.11. The van der Waals surface area contributed by atoms with E-state index in [-0.39, 0.29) is 17.4 Å². The Morgan fingerprint density at radius 2 is 2.06 bits per heavy atom. The molecule has 1 aliphatic rings. The van der Waals surface area contributed by atoms with Gasteiger partial charge in [-0.3, -0.25) is 4.90 Å². The third-order valence-electron chi connectivity index (χ3n) is 3.63. The van der Waals surface area contributed by atoms with E-state index in [9.17, 15) is 4.39 Å². The number of aliphatic hydroxyl groups excluding tert-OH is 1. The molecule has 4 heteroatoms. The van der Waals surface area contributed by atoms with Gasteiger partial charge in [-0.05, 0) is 56.0 Å². The number of likely N-dealkylation sites (tertiary alicyclic amines) is 1. The molecule has 1 aliphatic heterocycles. The van der Waals surface area contributed by atoms with Crippen LogP contribution in [0.5, 0.6) is 0 Å². The molecule has 0 spiro atoms. The lowest BCUT2D eigenvalue weighted by Gasteiger charge is -2.31. The molecule has 1 saturated heterocycles. The van der Waals surface area contributed by atoms with Crippen molar-refractivity contribution in [3.63, 3.8) is 0 Å². The number of aliphatic hydroxyl groups is 1. The predicted molar refractivity (Wildman–Crippen MR) is 71.1 cm³/mol. The Balaban J connectivity index is 1.85. The van der Waals surface area contributed by atoms with Crippen LogP contribution in [0, 0.1) is 11.7 Å². The minimum atomic E-state index is -0.359. The topological polar surface area (TPSA) is 23.5 Å². The molecule has 1 aromatic carbocycles. The first-order chi connectivity index (χ1) is 8.69. The maximum absolute atomic E-state index is 13.0. The quantitative estimate of drug-likeness (QED) is 0.910. The number of benzene rings is 1. The third-order valence-corrected chi connectivity index (χ3v) is 3.92. The summed E-state index contributed by atoms with van der Waals surface area (Å²) in [5.74, 6) is 0.296. The first-order valence-corrected chi connectivity index (χ1v) is 6.84. The molecule has 1 heterocycles. The van der Waals surface area contributed by atoms with Gasteiger partial charge in [-0.2, -0.15) is 0 Å². The van der Waals surface area contributed by atoms with Gasteiger partial charge in [0.25, 0.3) is 0 Å². The zero-order chi connectivity index (χ0) is 13.0. The van der Waals surface area contributed by atoms with Gasteiger partial charge in [0, 0.05) is 13.2 Å². The zero-order valence-corrected chi connectivity index (χ0v) is 11.2. The number of halogens is 2. The average molecular weight is 272 g/mol. The molecule has 0 aliphatic carbocycles.